The van der Waals surface area contributed by atoms with Gasteiger partial charge in [-0.25, -0.2) is 32.5 Å². The van der Waals surface area contributed by atoms with Crippen LogP contribution in [-0.2, 0) is 18.7 Å². The molecule has 0 saturated carbocycles. The summed E-state index contributed by atoms with van der Waals surface area (Å²) >= 11 is 6.23. The van der Waals surface area contributed by atoms with E-state index >= 15 is 0 Å². The lowest BCUT2D eigenvalue weighted by atomic mass is 9.93. The van der Waals surface area contributed by atoms with Crippen LogP contribution in [-0.4, -0.2) is 60.4 Å². The third-order valence-electron chi connectivity index (χ3n) is 7.75. The first-order chi connectivity index (χ1) is 20.7. The number of aryl methyl sites for hydroxylation is 1. The number of aromatic nitrogens is 6. The molecule has 0 aliphatic carbocycles. The summed E-state index contributed by atoms with van der Waals surface area (Å²) in [7, 11) is 0. The van der Waals surface area contributed by atoms with Crippen molar-refractivity contribution < 1.29 is 13.9 Å². The highest BCUT2D eigenvalue weighted by Crippen LogP contribution is 2.29. The molecule has 0 spiro atoms. The highest BCUT2D eigenvalue weighted by Gasteiger charge is 2.35. The van der Waals surface area contributed by atoms with Crippen molar-refractivity contribution >= 4 is 23.0 Å². The highest BCUT2D eigenvalue weighted by molar-refractivity contribution is 6.30. The molecule has 1 fully saturated rings. The van der Waals surface area contributed by atoms with Crippen molar-refractivity contribution in [3.05, 3.63) is 118 Å². The van der Waals surface area contributed by atoms with Gasteiger partial charge in [0, 0.05) is 54.2 Å². The minimum absolute atomic E-state index is 0.194. The Hall–Kier alpha value is -4.55. The molecule has 222 valence electrons. The summed E-state index contributed by atoms with van der Waals surface area (Å²) in [5, 5.41) is 20.5. The van der Waals surface area contributed by atoms with E-state index in [1.165, 1.54) is 33.8 Å². The van der Waals surface area contributed by atoms with E-state index < -0.39 is 29.5 Å². The minimum atomic E-state index is -1.98. The summed E-state index contributed by atoms with van der Waals surface area (Å²) in [6.07, 6.45) is 3.97. The maximum Gasteiger partial charge on any atom is 0.350 e. The zero-order valence-corrected chi connectivity index (χ0v) is 24.1. The summed E-state index contributed by atoms with van der Waals surface area (Å²) in [4.78, 5) is 21.8. The first kappa shape index (κ1) is 28.6. The summed E-state index contributed by atoms with van der Waals surface area (Å²) in [5.74, 6) is -1.73. The molecule has 3 heterocycles. The number of piperazine rings is 1. The Kier molecular flexibility index (Phi) is 7.72. The molecule has 0 radical (unpaired) electrons. The molecule has 13 heteroatoms. The third-order valence-corrected chi connectivity index (χ3v) is 7.99. The van der Waals surface area contributed by atoms with Crippen LogP contribution < -0.4 is 15.5 Å². The van der Waals surface area contributed by atoms with Crippen molar-refractivity contribution in [3.8, 4) is 5.69 Å². The van der Waals surface area contributed by atoms with Crippen LogP contribution in [0.4, 0.5) is 20.2 Å². The molecular weight excluding hydrogens is 578 g/mol. The molecule has 1 aliphatic rings. The van der Waals surface area contributed by atoms with Gasteiger partial charge in [-0.15, -0.1) is 0 Å². The lowest BCUT2D eigenvalue weighted by molar-refractivity contribution is -0.00948. The van der Waals surface area contributed by atoms with E-state index in [1.807, 2.05) is 42.5 Å². The van der Waals surface area contributed by atoms with Crippen LogP contribution in [0, 0.1) is 18.6 Å². The molecule has 1 atom stereocenters. The number of benzene rings is 3. The summed E-state index contributed by atoms with van der Waals surface area (Å²) in [5.41, 5.74) is 1.24. The number of aliphatic hydroxyl groups is 1. The Morgan fingerprint density at radius 3 is 2.30 bits per heavy atom. The fourth-order valence-electron chi connectivity index (χ4n) is 5.49. The van der Waals surface area contributed by atoms with Crippen molar-refractivity contribution in [1.82, 2.24) is 29.1 Å². The quantitative estimate of drug-likeness (QED) is 0.287. The Balaban J connectivity index is 1.19. The fourth-order valence-corrected chi connectivity index (χ4v) is 5.66. The summed E-state index contributed by atoms with van der Waals surface area (Å²) in [6, 6.07) is 16.4. The van der Waals surface area contributed by atoms with E-state index in [1.54, 1.807) is 0 Å². The van der Waals surface area contributed by atoms with Crippen molar-refractivity contribution in [2.45, 2.75) is 25.6 Å². The molecule has 0 amide bonds. The standard InChI is InChI=1S/C30H29ClF2N8O2/c1-21-2-3-22(31)14-28(21)38-12-10-37(11-13-38)24-5-7-25(8-6-24)40-20-36-41(29(40)42)17-30(43,16-39-19-34-18-35-39)26-9-4-23(32)15-27(26)33/h2-9,14-15,18-20,43H,10-13,16-17H2,1H3. The predicted molar refractivity (Wildman–Crippen MR) is 159 cm³/mol. The molecule has 1 N–H and O–H groups in total. The molecule has 1 saturated heterocycles. The molecule has 0 bridgehead atoms. The SMILES string of the molecule is Cc1ccc(Cl)cc1N1CCN(c2ccc(-n3cnn(CC(O)(Cn4cncn4)c4ccc(F)cc4F)c3=O)cc2)CC1. The van der Waals surface area contributed by atoms with Crippen molar-refractivity contribution in [1.29, 1.82) is 0 Å². The number of hydrogen-bond donors (Lipinski definition) is 1. The molecule has 1 unspecified atom stereocenters. The molecule has 5 aromatic rings. The molecular formula is C30H29ClF2N8O2. The monoisotopic (exact) mass is 606 g/mol. The molecule has 2 aromatic heterocycles. The number of hydrogen-bond acceptors (Lipinski definition) is 7. The highest BCUT2D eigenvalue weighted by atomic mass is 35.5. The predicted octanol–water partition coefficient (Wildman–Crippen LogP) is 3.78. The van der Waals surface area contributed by atoms with Gasteiger partial charge in [-0.3, -0.25) is 0 Å². The van der Waals surface area contributed by atoms with Crippen LogP contribution in [0.15, 0.2) is 84.4 Å². The summed E-state index contributed by atoms with van der Waals surface area (Å²) < 4.78 is 32.1. The van der Waals surface area contributed by atoms with Gasteiger partial charge in [0.1, 0.15) is 36.2 Å². The molecule has 3 aromatic carbocycles. The number of halogens is 3. The van der Waals surface area contributed by atoms with Gasteiger partial charge in [-0.05, 0) is 55.0 Å². The lowest BCUT2D eigenvalue weighted by Crippen LogP contribution is -2.46. The second kappa shape index (κ2) is 11.6. The van der Waals surface area contributed by atoms with Crippen molar-refractivity contribution in [3.63, 3.8) is 0 Å². The third kappa shape index (κ3) is 5.88. The van der Waals surface area contributed by atoms with Gasteiger partial charge in [0.25, 0.3) is 0 Å². The first-order valence-electron chi connectivity index (χ1n) is 13.7. The fraction of sp³-hybridized carbons (Fsp3) is 0.267. The van der Waals surface area contributed by atoms with E-state index in [0.29, 0.717) is 11.8 Å². The Labute approximate surface area is 251 Å². The number of anilines is 2. The smallest absolute Gasteiger partial charge is 0.350 e. The van der Waals surface area contributed by atoms with Crippen molar-refractivity contribution in [2.75, 3.05) is 36.0 Å². The van der Waals surface area contributed by atoms with E-state index in [0.717, 1.165) is 59.4 Å². The number of rotatable bonds is 8. The van der Waals surface area contributed by atoms with Gasteiger partial charge in [-0.1, -0.05) is 23.7 Å². The van der Waals surface area contributed by atoms with E-state index in [2.05, 4.69) is 31.9 Å². The van der Waals surface area contributed by atoms with Gasteiger partial charge in [0.15, 0.2) is 0 Å². The van der Waals surface area contributed by atoms with E-state index in [4.69, 9.17) is 11.6 Å². The largest absolute Gasteiger partial charge is 0.381 e. The molecule has 10 nitrogen and oxygen atoms in total. The van der Waals surface area contributed by atoms with Crippen LogP contribution in [0.1, 0.15) is 11.1 Å². The number of nitrogens with zero attached hydrogens (tertiary/aromatic N) is 8. The average Bonchev–Trinajstić information content (AvgIpc) is 3.63. The maximum absolute atomic E-state index is 14.8. The van der Waals surface area contributed by atoms with Crippen LogP contribution in [0.2, 0.25) is 5.02 Å². The van der Waals surface area contributed by atoms with Gasteiger partial charge in [0.2, 0.25) is 0 Å². The second-order valence-electron chi connectivity index (χ2n) is 10.6. The van der Waals surface area contributed by atoms with Crippen LogP contribution >= 0.6 is 11.6 Å². The Morgan fingerprint density at radius 2 is 1.60 bits per heavy atom. The molecule has 43 heavy (non-hydrogen) atoms. The van der Waals surface area contributed by atoms with Crippen LogP contribution in [0.5, 0.6) is 0 Å². The lowest BCUT2D eigenvalue weighted by Gasteiger charge is -2.38. The zero-order chi connectivity index (χ0) is 30.1. The average molecular weight is 607 g/mol. The summed E-state index contributed by atoms with van der Waals surface area (Å²) in [6.45, 7) is 4.78. The maximum atomic E-state index is 14.8. The Morgan fingerprint density at radius 1 is 0.884 bits per heavy atom. The van der Waals surface area contributed by atoms with Crippen LogP contribution in [0.25, 0.3) is 5.69 Å². The molecule has 6 rings (SSSR count). The van der Waals surface area contributed by atoms with Gasteiger partial charge < -0.3 is 14.9 Å². The van der Waals surface area contributed by atoms with E-state index in [9.17, 15) is 18.7 Å². The Bertz CT molecular complexity index is 1780. The van der Waals surface area contributed by atoms with Crippen LogP contribution in [0.3, 0.4) is 0 Å². The minimum Gasteiger partial charge on any atom is -0.381 e. The van der Waals surface area contributed by atoms with E-state index in [-0.39, 0.29) is 12.1 Å². The van der Waals surface area contributed by atoms with Gasteiger partial charge in [0.05, 0.1) is 18.8 Å². The first-order valence-corrected chi connectivity index (χ1v) is 14.1. The topological polar surface area (TPSA) is 97.2 Å². The molecule has 1 aliphatic heterocycles. The zero-order valence-electron chi connectivity index (χ0n) is 23.3. The van der Waals surface area contributed by atoms with Gasteiger partial charge in [-0.2, -0.15) is 10.2 Å². The van der Waals surface area contributed by atoms with Crippen molar-refractivity contribution in [2.24, 2.45) is 0 Å². The normalized spacial score (nSPS) is 15.1. The van der Waals surface area contributed by atoms with Gasteiger partial charge >= 0.3 is 5.69 Å². The second-order valence-corrected chi connectivity index (χ2v) is 11.0.